The molecule has 130 valence electrons. The average molecular weight is 338 g/mol. The van der Waals surface area contributed by atoms with E-state index < -0.39 is 0 Å². The van der Waals surface area contributed by atoms with Gasteiger partial charge in [0.25, 0.3) is 0 Å². The molecule has 6 nitrogen and oxygen atoms in total. The van der Waals surface area contributed by atoms with Crippen molar-refractivity contribution in [3.63, 3.8) is 0 Å². The number of carbonyl (C=O) groups excluding carboxylic acids is 1. The van der Waals surface area contributed by atoms with E-state index in [1.54, 1.807) is 17.1 Å². The summed E-state index contributed by atoms with van der Waals surface area (Å²) in [6, 6.07) is 14.8. The minimum Gasteiger partial charge on any atom is -0.395 e. The molecule has 6 heteroatoms. The molecule has 0 aliphatic heterocycles. The van der Waals surface area contributed by atoms with Crippen LogP contribution >= 0.6 is 0 Å². The van der Waals surface area contributed by atoms with Gasteiger partial charge in [0.1, 0.15) is 6.54 Å². The molecule has 2 aromatic carbocycles. The van der Waals surface area contributed by atoms with Crippen LogP contribution in [0.4, 0.5) is 5.69 Å². The van der Waals surface area contributed by atoms with Gasteiger partial charge in [0, 0.05) is 18.8 Å². The van der Waals surface area contributed by atoms with Gasteiger partial charge in [-0.05, 0) is 29.3 Å². The van der Waals surface area contributed by atoms with Crippen LogP contribution in [0, 0.1) is 0 Å². The summed E-state index contributed by atoms with van der Waals surface area (Å²) in [4.78, 5) is 11.6. The first-order chi connectivity index (χ1) is 12.2. The van der Waals surface area contributed by atoms with E-state index in [2.05, 4.69) is 53.0 Å². The molecule has 0 bridgehead atoms. The maximum atomic E-state index is 11.6. The number of hydrogen-bond acceptors (Lipinski definition) is 4. The Balaban J connectivity index is 1.64. The Bertz CT molecular complexity index is 859. The molecule has 1 amide bonds. The second-order valence-corrected chi connectivity index (χ2v) is 5.97. The maximum absolute atomic E-state index is 11.6. The molecular formula is C19H22N4O2. The summed E-state index contributed by atoms with van der Waals surface area (Å²) in [7, 11) is 0. The average Bonchev–Trinajstić information content (AvgIpc) is 3.06. The molecule has 0 saturated heterocycles. The molecule has 1 heterocycles. The first-order valence-corrected chi connectivity index (χ1v) is 8.31. The fourth-order valence-electron chi connectivity index (χ4n) is 2.73. The highest BCUT2D eigenvalue weighted by Crippen LogP contribution is 2.23. The minimum absolute atomic E-state index is 0.0685. The molecule has 3 N–H and O–H groups in total. The number of fused-ring (bicyclic) bond motifs is 1. The van der Waals surface area contributed by atoms with Crippen molar-refractivity contribution in [1.29, 1.82) is 0 Å². The van der Waals surface area contributed by atoms with Gasteiger partial charge in [-0.2, -0.15) is 5.10 Å². The van der Waals surface area contributed by atoms with Crippen molar-refractivity contribution in [2.24, 2.45) is 0 Å². The number of anilines is 1. The van der Waals surface area contributed by atoms with Crippen LogP contribution in [-0.2, 0) is 11.3 Å². The first-order valence-electron chi connectivity index (χ1n) is 8.31. The van der Waals surface area contributed by atoms with Crippen molar-refractivity contribution < 1.29 is 9.90 Å². The Morgan fingerprint density at radius 3 is 2.84 bits per heavy atom. The number of aliphatic hydroxyl groups excluding tert-OH is 1. The number of carbonyl (C=O) groups is 1. The third-order valence-electron chi connectivity index (χ3n) is 4.03. The van der Waals surface area contributed by atoms with E-state index in [9.17, 15) is 4.79 Å². The highest BCUT2D eigenvalue weighted by molar-refractivity contribution is 5.83. The zero-order valence-electron chi connectivity index (χ0n) is 14.1. The molecule has 1 unspecified atom stereocenters. The van der Waals surface area contributed by atoms with Crippen molar-refractivity contribution in [2.45, 2.75) is 19.5 Å². The summed E-state index contributed by atoms with van der Waals surface area (Å²) in [5.41, 5.74) is 2.04. The number of rotatable bonds is 7. The van der Waals surface area contributed by atoms with Gasteiger partial charge in [0.15, 0.2) is 0 Å². The first kappa shape index (κ1) is 17.0. The lowest BCUT2D eigenvalue weighted by molar-refractivity contribution is -0.122. The lowest BCUT2D eigenvalue weighted by atomic mass is 10.0. The highest BCUT2D eigenvalue weighted by Gasteiger charge is 2.09. The van der Waals surface area contributed by atoms with Crippen LogP contribution in [0.5, 0.6) is 0 Å². The van der Waals surface area contributed by atoms with E-state index in [1.807, 2.05) is 12.1 Å². The fraction of sp³-hybridized carbons (Fsp3) is 0.263. The van der Waals surface area contributed by atoms with Crippen LogP contribution in [0.15, 0.2) is 54.9 Å². The molecule has 0 spiro atoms. The van der Waals surface area contributed by atoms with Crippen LogP contribution in [-0.4, -0.2) is 33.9 Å². The van der Waals surface area contributed by atoms with Crippen molar-refractivity contribution in [3.05, 3.63) is 60.4 Å². The summed E-state index contributed by atoms with van der Waals surface area (Å²) in [5.74, 6) is -0.175. The van der Waals surface area contributed by atoms with Crippen molar-refractivity contribution in [1.82, 2.24) is 15.1 Å². The van der Waals surface area contributed by atoms with Crippen LogP contribution in [0.25, 0.3) is 10.8 Å². The standard InChI is InChI=1S/C19H22N4O2/c1-14(16-7-6-15-4-2-3-5-17(15)10-16)22-18-11-21-23(12-18)13-19(25)20-8-9-24/h2-7,10-12,14,22,24H,8-9,13H2,1H3,(H,20,25). The molecule has 0 saturated carbocycles. The number of aliphatic hydroxyl groups is 1. The fourth-order valence-corrected chi connectivity index (χ4v) is 2.73. The zero-order valence-corrected chi connectivity index (χ0v) is 14.1. The summed E-state index contributed by atoms with van der Waals surface area (Å²) in [6.45, 7) is 2.41. The van der Waals surface area contributed by atoms with Gasteiger partial charge in [-0.3, -0.25) is 9.48 Å². The van der Waals surface area contributed by atoms with Crippen LogP contribution in [0.3, 0.4) is 0 Å². The van der Waals surface area contributed by atoms with Crippen molar-refractivity contribution >= 4 is 22.4 Å². The molecule has 0 aliphatic carbocycles. The minimum atomic E-state index is -0.175. The zero-order chi connectivity index (χ0) is 17.6. The van der Waals surface area contributed by atoms with Gasteiger partial charge >= 0.3 is 0 Å². The Kier molecular flexibility index (Phi) is 5.30. The quantitative estimate of drug-likeness (QED) is 0.618. The van der Waals surface area contributed by atoms with Crippen LogP contribution < -0.4 is 10.6 Å². The van der Waals surface area contributed by atoms with Crippen LogP contribution in [0.1, 0.15) is 18.5 Å². The smallest absolute Gasteiger partial charge is 0.241 e. The Hall–Kier alpha value is -2.86. The number of amides is 1. The predicted molar refractivity (Wildman–Crippen MR) is 98.3 cm³/mol. The Morgan fingerprint density at radius 2 is 2.04 bits per heavy atom. The van der Waals surface area contributed by atoms with Gasteiger partial charge < -0.3 is 15.7 Å². The van der Waals surface area contributed by atoms with Gasteiger partial charge in [0.2, 0.25) is 5.91 Å². The van der Waals surface area contributed by atoms with E-state index in [4.69, 9.17) is 5.11 Å². The number of aromatic nitrogens is 2. The summed E-state index contributed by atoms with van der Waals surface area (Å²) < 4.78 is 1.57. The summed E-state index contributed by atoms with van der Waals surface area (Å²) in [6.07, 6.45) is 3.51. The third-order valence-corrected chi connectivity index (χ3v) is 4.03. The maximum Gasteiger partial charge on any atom is 0.241 e. The van der Waals surface area contributed by atoms with Gasteiger partial charge in [0.05, 0.1) is 18.5 Å². The van der Waals surface area contributed by atoms with Crippen LogP contribution in [0.2, 0.25) is 0 Å². The van der Waals surface area contributed by atoms with Crippen molar-refractivity contribution in [2.75, 3.05) is 18.5 Å². The molecule has 0 aliphatic rings. The summed E-state index contributed by atoms with van der Waals surface area (Å²) >= 11 is 0. The largest absolute Gasteiger partial charge is 0.395 e. The number of nitrogens with one attached hydrogen (secondary N) is 2. The van der Waals surface area contributed by atoms with Gasteiger partial charge in [-0.15, -0.1) is 0 Å². The molecule has 0 fully saturated rings. The lowest BCUT2D eigenvalue weighted by Crippen LogP contribution is -2.30. The second-order valence-electron chi connectivity index (χ2n) is 5.97. The highest BCUT2D eigenvalue weighted by atomic mass is 16.3. The number of hydrogen-bond donors (Lipinski definition) is 3. The molecule has 25 heavy (non-hydrogen) atoms. The molecular weight excluding hydrogens is 316 g/mol. The van der Waals surface area contributed by atoms with Crippen molar-refractivity contribution in [3.8, 4) is 0 Å². The van der Waals surface area contributed by atoms with E-state index in [0.29, 0.717) is 0 Å². The van der Waals surface area contributed by atoms with E-state index in [0.717, 1.165) is 5.69 Å². The molecule has 0 radical (unpaired) electrons. The molecule has 3 aromatic rings. The Morgan fingerprint density at radius 1 is 1.24 bits per heavy atom. The molecule has 1 aromatic heterocycles. The Labute approximate surface area is 146 Å². The topological polar surface area (TPSA) is 79.2 Å². The molecule has 1 atom stereocenters. The van der Waals surface area contributed by atoms with Gasteiger partial charge in [-0.25, -0.2) is 0 Å². The van der Waals surface area contributed by atoms with E-state index in [1.165, 1.54) is 16.3 Å². The lowest BCUT2D eigenvalue weighted by Gasteiger charge is -2.15. The normalized spacial score (nSPS) is 12.1. The molecule has 3 rings (SSSR count). The number of benzene rings is 2. The number of nitrogens with zero attached hydrogens (tertiary/aromatic N) is 2. The van der Waals surface area contributed by atoms with E-state index in [-0.39, 0.29) is 31.6 Å². The predicted octanol–water partition coefficient (Wildman–Crippen LogP) is 2.32. The monoisotopic (exact) mass is 338 g/mol. The summed E-state index contributed by atoms with van der Waals surface area (Å²) in [5, 5.41) is 21.3. The SMILES string of the molecule is CC(Nc1cnn(CC(=O)NCCO)c1)c1ccc2ccccc2c1. The third kappa shape index (κ3) is 4.36. The van der Waals surface area contributed by atoms with E-state index >= 15 is 0 Å². The second kappa shape index (κ2) is 7.81. The van der Waals surface area contributed by atoms with Gasteiger partial charge in [-0.1, -0.05) is 36.4 Å².